The lowest BCUT2D eigenvalue weighted by Crippen LogP contribution is -2.44. The maximum Gasteiger partial charge on any atom is 0.492 e. The molecule has 0 aliphatic rings. The minimum absolute atomic E-state index is 0.0296. The molecule has 1 aromatic carbocycles. The molecule has 1 unspecified atom stereocenters. The van der Waals surface area contributed by atoms with Crippen molar-refractivity contribution in [1.29, 1.82) is 0 Å². The third-order valence-corrected chi connectivity index (χ3v) is 10.2. The van der Waals surface area contributed by atoms with Gasteiger partial charge in [-0.25, -0.2) is 18.2 Å². The number of halogens is 3. The zero-order valence-electron chi connectivity index (χ0n) is 21.4. The first-order chi connectivity index (χ1) is 18.4. The van der Waals surface area contributed by atoms with Gasteiger partial charge in [0, 0.05) is 28.5 Å². The van der Waals surface area contributed by atoms with E-state index in [-0.39, 0.29) is 15.1 Å². The summed E-state index contributed by atoms with van der Waals surface area (Å²) in [5.41, 5.74) is 2.10. The Morgan fingerprint density at radius 3 is 2.56 bits per heavy atom. The van der Waals surface area contributed by atoms with Gasteiger partial charge in [-0.1, -0.05) is 38.1 Å². The highest BCUT2D eigenvalue weighted by Gasteiger charge is 2.46. The number of nitrogens with one attached hydrogen (secondary N) is 1. The highest BCUT2D eigenvalue weighted by atomic mass is 32.2. The van der Waals surface area contributed by atoms with Gasteiger partial charge in [-0.15, -0.1) is 22.7 Å². The Morgan fingerprint density at radius 2 is 1.92 bits per heavy atom. The number of carbonyl (C=O) groups excluding carboxylic acids is 1. The minimum atomic E-state index is -5.37. The summed E-state index contributed by atoms with van der Waals surface area (Å²) in [4.78, 5) is 27.4. The molecule has 3 heterocycles. The van der Waals surface area contributed by atoms with Crippen LogP contribution in [0.15, 0.2) is 52.2 Å². The molecule has 210 valence electrons. The van der Waals surface area contributed by atoms with E-state index >= 15 is 0 Å². The van der Waals surface area contributed by atoms with Crippen molar-refractivity contribution >= 4 is 49.6 Å². The summed E-state index contributed by atoms with van der Waals surface area (Å²) >= 11 is 2.37. The lowest BCUT2D eigenvalue weighted by Gasteiger charge is -2.26. The van der Waals surface area contributed by atoms with Crippen LogP contribution in [-0.2, 0) is 32.6 Å². The average molecular weight is 601 g/mol. The number of aromatic amines is 1. The molecule has 0 aliphatic carbocycles. The monoisotopic (exact) mass is 600 g/mol. The molecule has 4 aromatic rings. The molecule has 8 nitrogen and oxygen atoms in total. The van der Waals surface area contributed by atoms with Gasteiger partial charge in [0.05, 0.1) is 11.7 Å². The second kappa shape index (κ2) is 11.8. The van der Waals surface area contributed by atoms with Crippen LogP contribution in [-0.4, -0.2) is 59.0 Å². The molecule has 3 aromatic heterocycles. The number of H-pyrrole nitrogens is 1. The predicted molar refractivity (Wildman–Crippen MR) is 145 cm³/mol. The zero-order valence-corrected chi connectivity index (χ0v) is 23.8. The fourth-order valence-electron chi connectivity index (χ4n) is 4.08. The molecular formula is C25H27F3N4O4S3. The van der Waals surface area contributed by atoms with Crippen LogP contribution >= 0.6 is 22.7 Å². The van der Waals surface area contributed by atoms with Gasteiger partial charge in [0.1, 0.15) is 9.22 Å². The first-order valence-corrected chi connectivity index (χ1v) is 15.2. The van der Waals surface area contributed by atoms with Crippen LogP contribution in [0, 0.1) is 0 Å². The number of aromatic nitrogens is 2. The Hall–Kier alpha value is -2.78. The Kier molecular flexibility index (Phi) is 8.81. The van der Waals surface area contributed by atoms with Gasteiger partial charge in [0.15, 0.2) is 0 Å². The van der Waals surface area contributed by atoms with Gasteiger partial charge in [-0.05, 0) is 54.0 Å². The summed E-state index contributed by atoms with van der Waals surface area (Å²) in [5, 5.41) is 3.08. The quantitative estimate of drug-likeness (QED) is 0.218. The number of hydroxylamine groups is 1. The molecule has 0 amide bonds. The number of hydrogen-bond acceptors (Lipinski definition) is 8. The number of benzene rings is 1. The number of alkyl halides is 3. The van der Waals surface area contributed by atoms with E-state index < -0.39 is 28.2 Å². The summed E-state index contributed by atoms with van der Waals surface area (Å²) in [6.45, 7) is 8.23. The van der Waals surface area contributed by atoms with Gasteiger partial charge < -0.3 is 9.82 Å². The SMILES string of the molecule is CCN(CC)Cc1cnc(-c2cc3cccc(CC(C)N(OC(=O)C(F)(F)F)S(=O)(=O)c4cccs4)c3[nH]2)s1. The number of para-hydroxylation sites is 1. The van der Waals surface area contributed by atoms with Gasteiger partial charge >= 0.3 is 12.1 Å². The zero-order chi connectivity index (χ0) is 28.4. The Balaban J connectivity index is 1.63. The fraction of sp³-hybridized carbons (Fsp3) is 0.360. The van der Waals surface area contributed by atoms with Crippen LogP contribution in [0.4, 0.5) is 13.2 Å². The van der Waals surface area contributed by atoms with E-state index in [9.17, 15) is 26.4 Å². The molecule has 0 saturated heterocycles. The van der Waals surface area contributed by atoms with E-state index in [0.717, 1.165) is 51.9 Å². The molecule has 0 fully saturated rings. The second-order valence-electron chi connectivity index (χ2n) is 8.78. The Bertz CT molecular complexity index is 1530. The number of thiophene rings is 1. The largest absolute Gasteiger partial charge is 0.492 e. The van der Waals surface area contributed by atoms with Gasteiger partial charge in [-0.3, -0.25) is 4.90 Å². The third kappa shape index (κ3) is 6.52. The topological polar surface area (TPSA) is 95.6 Å². The number of nitrogens with zero attached hydrogens (tertiary/aromatic N) is 3. The van der Waals surface area contributed by atoms with Gasteiger partial charge in [0.2, 0.25) is 0 Å². The number of fused-ring (bicyclic) bond motifs is 1. The Morgan fingerprint density at radius 1 is 1.18 bits per heavy atom. The summed E-state index contributed by atoms with van der Waals surface area (Å²) in [5.74, 6) is -2.61. The van der Waals surface area contributed by atoms with Crippen molar-refractivity contribution in [1.82, 2.24) is 19.3 Å². The lowest BCUT2D eigenvalue weighted by molar-refractivity contribution is -0.226. The highest BCUT2D eigenvalue weighted by Crippen LogP contribution is 2.32. The molecule has 0 radical (unpaired) electrons. The van der Waals surface area contributed by atoms with E-state index in [1.165, 1.54) is 24.4 Å². The predicted octanol–water partition coefficient (Wildman–Crippen LogP) is 5.84. The van der Waals surface area contributed by atoms with Crippen molar-refractivity contribution < 1.29 is 31.2 Å². The molecule has 0 aliphatic heterocycles. The van der Waals surface area contributed by atoms with Gasteiger partial charge in [-0.2, -0.15) is 13.2 Å². The smallest absolute Gasteiger partial charge is 0.352 e. The Labute approximate surface area is 232 Å². The highest BCUT2D eigenvalue weighted by molar-refractivity contribution is 7.91. The van der Waals surface area contributed by atoms with Crippen molar-refractivity contribution in [2.24, 2.45) is 0 Å². The van der Waals surface area contributed by atoms with Crippen LogP contribution < -0.4 is 0 Å². The molecular weight excluding hydrogens is 573 g/mol. The lowest BCUT2D eigenvalue weighted by atomic mass is 10.1. The summed E-state index contributed by atoms with van der Waals surface area (Å²) in [7, 11) is -4.55. The number of hydrogen-bond donors (Lipinski definition) is 1. The van der Waals surface area contributed by atoms with Crippen molar-refractivity contribution in [3.8, 4) is 10.7 Å². The second-order valence-corrected chi connectivity index (χ2v) is 12.9. The molecule has 0 spiro atoms. The number of rotatable bonds is 11. The molecule has 0 bridgehead atoms. The average Bonchev–Trinajstić information content (AvgIpc) is 3.65. The molecule has 39 heavy (non-hydrogen) atoms. The van der Waals surface area contributed by atoms with E-state index in [1.54, 1.807) is 23.5 Å². The van der Waals surface area contributed by atoms with E-state index in [4.69, 9.17) is 0 Å². The van der Waals surface area contributed by atoms with Crippen LogP contribution in [0.2, 0.25) is 0 Å². The minimum Gasteiger partial charge on any atom is -0.352 e. The van der Waals surface area contributed by atoms with E-state index in [1.807, 2.05) is 18.3 Å². The number of thiazole rings is 1. The number of sulfonamides is 1. The molecule has 4 rings (SSSR count). The van der Waals surface area contributed by atoms with E-state index in [0.29, 0.717) is 11.1 Å². The fourth-order valence-corrected chi connectivity index (χ4v) is 7.47. The summed E-state index contributed by atoms with van der Waals surface area (Å²) in [6.07, 6.45) is -3.55. The summed E-state index contributed by atoms with van der Waals surface area (Å²) in [6, 6.07) is 8.84. The van der Waals surface area contributed by atoms with Crippen LogP contribution in [0.1, 0.15) is 31.2 Å². The van der Waals surface area contributed by atoms with Crippen molar-refractivity contribution in [2.45, 2.75) is 50.2 Å². The number of carbonyl (C=O) groups is 1. The van der Waals surface area contributed by atoms with Crippen molar-refractivity contribution in [3.63, 3.8) is 0 Å². The first-order valence-electron chi connectivity index (χ1n) is 12.1. The normalized spacial score (nSPS) is 13.4. The van der Waals surface area contributed by atoms with Crippen LogP contribution in [0.25, 0.3) is 21.6 Å². The molecule has 1 N–H and O–H groups in total. The summed E-state index contributed by atoms with van der Waals surface area (Å²) < 4.78 is 65.2. The van der Waals surface area contributed by atoms with Gasteiger partial charge in [0.25, 0.3) is 10.0 Å². The standard InChI is InChI=1S/C25H27F3N4O4S3/c1-4-31(5-2)15-19-14-29-23(38-19)20-13-18-9-6-8-17(22(18)30-20)12-16(3)32(36-24(33)25(26,27)28)39(34,35)21-10-7-11-37-21/h6-11,13-14,16,30H,4-5,12,15H2,1-3H3. The molecule has 0 saturated carbocycles. The molecule has 1 atom stereocenters. The third-order valence-electron chi connectivity index (χ3n) is 6.07. The van der Waals surface area contributed by atoms with Crippen molar-refractivity contribution in [2.75, 3.05) is 13.1 Å². The van der Waals surface area contributed by atoms with Crippen molar-refractivity contribution in [3.05, 3.63) is 58.4 Å². The van der Waals surface area contributed by atoms with Crippen LogP contribution in [0.3, 0.4) is 0 Å². The maximum absolute atomic E-state index is 13.1. The first kappa shape index (κ1) is 29.2. The van der Waals surface area contributed by atoms with Crippen LogP contribution in [0.5, 0.6) is 0 Å². The maximum atomic E-state index is 13.1. The van der Waals surface area contributed by atoms with E-state index in [2.05, 4.69) is 33.6 Å². The molecule has 14 heteroatoms.